The summed E-state index contributed by atoms with van der Waals surface area (Å²) in [6.07, 6.45) is 0.911. The van der Waals surface area contributed by atoms with Crippen LogP contribution < -0.4 is 4.74 Å². The monoisotopic (exact) mass is 279 g/mol. The average Bonchev–Trinajstić information content (AvgIpc) is 2.50. The first-order valence-corrected chi connectivity index (χ1v) is 6.67. The summed E-state index contributed by atoms with van der Waals surface area (Å²) in [7, 11) is 1.30. The molecule has 1 rings (SSSR count). The first kappa shape index (κ1) is 16.0. The quantitative estimate of drug-likeness (QED) is 0.712. The van der Waals surface area contributed by atoms with Crippen molar-refractivity contribution in [2.75, 3.05) is 26.8 Å². The van der Waals surface area contributed by atoms with Gasteiger partial charge in [-0.1, -0.05) is 19.1 Å². The summed E-state index contributed by atoms with van der Waals surface area (Å²) in [5.41, 5.74) is 1.15. The number of esters is 1. The Kier molecular flexibility index (Phi) is 6.56. The van der Waals surface area contributed by atoms with Crippen LogP contribution in [-0.4, -0.2) is 43.6 Å². The second-order valence-corrected chi connectivity index (χ2v) is 4.27. The maximum absolute atomic E-state index is 11.9. The highest BCUT2D eigenvalue weighted by Gasteiger charge is 2.16. The van der Waals surface area contributed by atoms with E-state index in [1.54, 1.807) is 6.92 Å². The van der Waals surface area contributed by atoms with E-state index in [2.05, 4.69) is 11.7 Å². The summed E-state index contributed by atoms with van der Waals surface area (Å²) in [5.74, 6) is -0.0141. The Bertz CT molecular complexity index is 459. The minimum Gasteiger partial charge on any atom is -0.484 e. The molecule has 0 saturated carbocycles. The Morgan fingerprint density at radius 1 is 1.25 bits per heavy atom. The van der Waals surface area contributed by atoms with Gasteiger partial charge in [0.2, 0.25) is 0 Å². The Hall–Kier alpha value is -2.04. The number of carbonyl (C=O) groups excluding carboxylic acids is 2. The lowest BCUT2D eigenvalue weighted by atomic mass is 10.2. The van der Waals surface area contributed by atoms with Crippen LogP contribution in [0.15, 0.2) is 24.3 Å². The second kappa shape index (κ2) is 8.19. The molecule has 0 N–H and O–H groups in total. The second-order valence-electron chi connectivity index (χ2n) is 4.27. The molecule has 0 aliphatic heterocycles. The van der Waals surface area contributed by atoms with E-state index in [-0.39, 0.29) is 19.1 Å². The number of methoxy groups -OCH3 is 1. The van der Waals surface area contributed by atoms with Gasteiger partial charge in [-0.3, -0.25) is 9.59 Å². The number of hydrogen-bond donors (Lipinski definition) is 0. The zero-order valence-corrected chi connectivity index (χ0v) is 12.2. The van der Waals surface area contributed by atoms with E-state index in [0.717, 1.165) is 12.0 Å². The first-order chi connectivity index (χ1) is 9.60. The number of likely N-dealkylation sites (N-methyl/N-ethyl adjacent to an activating group) is 1. The molecule has 0 atom stereocenters. The molecule has 0 spiro atoms. The molecule has 1 aromatic rings. The number of nitrogens with zero attached hydrogens (tertiary/aromatic N) is 1. The van der Waals surface area contributed by atoms with Crippen molar-refractivity contribution in [3.05, 3.63) is 29.8 Å². The predicted molar refractivity (Wildman–Crippen MR) is 75.6 cm³/mol. The number of ether oxygens (including phenoxy) is 2. The summed E-state index contributed by atoms with van der Waals surface area (Å²) >= 11 is 0. The maximum Gasteiger partial charge on any atom is 0.325 e. The van der Waals surface area contributed by atoms with Crippen molar-refractivity contribution in [3.8, 4) is 5.75 Å². The molecule has 0 aliphatic rings. The third-order valence-corrected chi connectivity index (χ3v) is 2.95. The van der Waals surface area contributed by atoms with Crippen LogP contribution in [-0.2, 0) is 20.7 Å². The highest BCUT2D eigenvalue weighted by molar-refractivity contribution is 5.83. The summed E-state index contributed by atoms with van der Waals surface area (Å²) in [5, 5.41) is 0. The molecule has 0 aromatic heterocycles. The molecule has 0 saturated heterocycles. The van der Waals surface area contributed by atoms with Gasteiger partial charge in [0, 0.05) is 6.54 Å². The lowest BCUT2D eigenvalue weighted by Gasteiger charge is -2.19. The summed E-state index contributed by atoms with van der Waals surface area (Å²) in [6.45, 7) is 4.16. The fraction of sp³-hybridized carbons (Fsp3) is 0.467. The first-order valence-electron chi connectivity index (χ1n) is 6.67. The number of hydrogen-bond acceptors (Lipinski definition) is 4. The zero-order valence-electron chi connectivity index (χ0n) is 12.2. The molecule has 0 bridgehead atoms. The fourth-order valence-electron chi connectivity index (χ4n) is 1.69. The Morgan fingerprint density at radius 2 is 2.00 bits per heavy atom. The summed E-state index contributed by atoms with van der Waals surface area (Å²) in [4.78, 5) is 24.5. The zero-order chi connectivity index (χ0) is 15.0. The van der Waals surface area contributed by atoms with Crippen LogP contribution in [0.1, 0.15) is 19.4 Å². The van der Waals surface area contributed by atoms with Gasteiger partial charge in [0.25, 0.3) is 5.91 Å². The number of amides is 1. The molecule has 1 amide bonds. The molecule has 0 unspecified atom stereocenters. The highest BCUT2D eigenvalue weighted by atomic mass is 16.5. The standard InChI is InChI=1S/C15H21NO4/c1-4-12-7-6-8-13(9-12)20-11-14(17)16(5-2)10-15(18)19-3/h6-9H,4-5,10-11H2,1-3H3. The van der Waals surface area contributed by atoms with Crippen molar-refractivity contribution in [3.63, 3.8) is 0 Å². The van der Waals surface area contributed by atoms with Crippen molar-refractivity contribution in [1.82, 2.24) is 4.90 Å². The summed E-state index contributed by atoms with van der Waals surface area (Å²) in [6, 6.07) is 7.61. The van der Waals surface area contributed by atoms with Gasteiger partial charge in [0.1, 0.15) is 12.3 Å². The SMILES string of the molecule is CCc1cccc(OCC(=O)N(CC)CC(=O)OC)c1. The number of carbonyl (C=O) groups is 2. The number of benzene rings is 1. The van der Waals surface area contributed by atoms with E-state index in [4.69, 9.17) is 4.74 Å². The van der Waals surface area contributed by atoms with Gasteiger partial charge < -0.3 is 14.4 Å². The van der Waals surface area contributed by atoms with E-state index in [9.17, 15) is 9.59 Å². The Balaban J connectivity index is 2.54. The maximum atomic E-state index is 11.9. The minimum absolute atomic E-state index is 0.0514. The van der Waals surface area contributed by atoms with E-state index < -0.39 is 5.97 Å². The molecule has 5 heteroatoms. The number of rotatable bonds is 7. The van der Waals surface area contributed by atoms with Gasteiger partial charge in [-0.25, -0.2) is 0 Å². The van der Waals surface area contributed by atoms with E-state index in [1.807, 2.05) is 24.3 Å². The van der Waals surface area contributed by atoms with E-state index >= 15 is 0 Å². The molecular weight excluding hydrogens is 258 g/mol. The van der Waals surface area contributed by atoms with Crippen LogP contribution in [0.2, 0.25) is 0 Å². The van der Waals surface area contributed by atoms with Gasteiger partial charge in [0.15, 0.2) is 6.61 Å². The lowest BCUT2D eigenvalue weighted by molar-refractivity contribution is -0.147. The van der Waals surface area contributed by atoms with Crippen molar-refractivity contribution in [1.29, 1.82) is 0 Å². The summed E-state index contributed by atoms with van der Waals surface area (Å²) < 4.78 is 10.0. The predicted octanol–water partition coefficient (Wildman–Crippen LogP) is 1.65. The highest BCUT2D eigenvalue weighted by Crippen LogP contribution is 2.13. The molecule has 1 aromatic carbocycles. The van der Waals surface area contributed by atoms with Crippen molar-refractivity contribution >= 4 is 11.9 Å². The minimum atomic E-state index is -0.437. The average molecular weight is 279 g/mol. The van der Waals surface area contributed by atoms with Crippen LogP contribution in [0.5, 0.6) is 5.75 Å². The third-order valence-electron chi connectivity index (χ3n) is 2.95. The Labute approximate surface area is 119 Å². The van der Waals surface area contributed by atoms with Gasteiger partial charge in [-0.15, -0.1) is 0 Å². The van der Waals surface area contributed by atoms with E-state index in [0.29, 0.717) is 12.3 Å². The topological polar surface area (TPSA) is 55.8 Å². The van der Waals surface area contributed by atoms with Crippen LogP contribution in [0.4, 0.5) is 0 Å². The smallest absolute Gasteiger partial charge is 0.325 e. The van der Waals surface area contributed by atoms with Gasteiger partial charge in [-0.2, -0.15) is 0 Å². The van der Waals surface area contributed by atoms with Crippen LogP contribution in [0.25, 0.3) is 0 Å². The molecule has 20 heavy (non-hydrogen) atoms. The molecule has 5 nitrogen and oxygen atoms in total. The van der Waals surface area contributed by atoms with E-state index in [1.165, 1.54) is 12.0 Å². The molecule has 0 heterocycles. The van der Waals surface area contributed by atoms with Gasteiger partial charge in [0.05, 0.1) is 7.11 Å². The van der Waals surface area contributed by atoms with Crippen molar-refractivity contribution in [2.24, 2.45) is 0 Å². The van der Waals surface area contributed by atoms with Crippen molar-refractivity contribution < 1.29 is 19.1 Å². The molecule has 0 fully saturated rings. The van der Waals surface area contributed by atoms with Crippen molar-refractivity contribution in [2.45, 2.75) is 20.3 Å². The van der Waals surface area contributed by atoms with Crippen LogP contribution in [0, 0.1) is 0 Å². The lowest BCUT2D eigenvalue weighted by Crippen LogP contribution is -2.38. The van der Waals surface area contributed by atoms with Gasteiger partial charge in [-0.05, 0) is 31.0 Å². The van der Waals surface area contributed by atoms with Crippen LogP contribution >= 0.6 is 0 Å². The number of aryl methyl sites for hydroxylation is 1. The Morgan fingerprint density at radius 3 is 2.60 bits per heavy atom. The van der Waals surface area contributed by atoms with Gasteiger partial charge >= 0.3 is 5.97 Å². The third kappa shape index (κ3) is 4.91. The molecule has 110 valence electrons. The largest absolute Gasteiger partial charge is 0.484 e. The normalized spacial score (nSPS) is 9.95. The molecule has 0 radical (unpaired) electrons. The molecular formula is C15H21NO4. The van der Waals surface area contributed by atoms with Crippen LogP contribution in [0.3, 0.4) is 0 Å². The fourth-order valence-corrected chi connectivity index (χ4v) is 1.69. The molecule has 0 aliphatic carbocycles.